The van der Waals surface area contributed by atoms with Gasteiger partial charge in [-0.15, -0.1) is 0 Å². The zero-order valence-corrected chi connectivity index (χ0v) is 12.3. The monoisotopic (exact) mass is 338 g/mol. The number of halogens is 2. The summed E-state index contributed by atoms with van der Waals surface area (Å²) in [5.41, 5.74) is 1.91. The molecule has 0 saturated heterocycles. The van der Waals surface area contributed by atoms with E-state index in [1.807, 2.05) is 0 Å². The number of benzene rings is 2. The highest BCUT2D eigenvalue weighted by Crippen LogP contribution is 2.26. The number of nitro groups is 1. The molecule has 104 valence electrons. The van der Waals surface area contributed by atoms with E-state index in [0.29, 0.717) is 22.3 Å². The van der Waals surface area contributed by atoms with Gasteiger partial charge in [-0.1, -0.05) is 18.2 Å². The Bertz CT molecular complexity index is 641. The molecule has 0 atom stereocenters. The number of nitro benzene ring substituents is 1. The van der Waals surface area contributed by atoms with E-state index in [-0.39, 0.29) is 11.5 Å². The van der Waals surface area contributed by atoms with Gasteiger partial charge < -0.3 is 5.32 Å². The third kappa shape index (κ3) is 3.14. The number of nitrogens with one attached hydrogen (secondary N) is 1. The zero-order valence-electron chi connectivity index (χ0n) is 10.7. The molecule has 0 amide bonds. The molecule has 0 aliphatic rings. The van der Waals surface area contributed by atoms with Crippen molar-refractivity contribution < 1.29 is 9.31 Å². The van der Waals surface area contributed by atoms with Gasteiger partial charge in [0.1, 0.15) is 5.82 Å². The largest absolute Gasteiger partial charge is 0.378 e. The normalized spacial score (nSPS) is 10.3. The highest BCUT2D eigenvalue weighted by atomic mass is 79.9. The van der Waals surface area contributed by atoms with E-state index in [4.69, 9.17) is 0 Å². The smallest absolute Gasteiger partial charge is 0.283 e. The topological polar surface area (TPSA) is 55.2 Å². The summed E-state index contributed by atoms with van der Waals surface area (Å²) in [7, 11) is 0. The van der Waals surface area contributed by atoms with Crippen molar-refractivity contribution in [2.75, 3.05) is 5.32 Å². The Morgan fingerprint density at radius 2 is 2.10 bits per heavy atom. The van der Waals surface area contributed by atoms with Crippen molar-refractivity contribution in [2.45, 2.75) is 13.5 Å². The molecule has 2 aromatic carbocycles. The standard InChI is InChI=1S/C14H12BrFN2O2/c1-9-3-2-4-12(16)14(9)17-8-10-5-6-11(15)13(7-10)18(19)20/h2-7,17H,8H2,1H3. The molecule has 0 bridgehead atoms. The molecule has 0 unspecified atom stereocenters. The molecule has 6 heteroatoms. The van der Waals surface area contributed by atoms with Gasteiger partial charge in [0.15, 0.2) is 0 Å². The maximum absolute atomic E-state index is 13.6. The van der Waals surface area contributed by atoms with Crippen molar-refractivity contribution >= 4 is 27.3 Å². The van der Waals surface area contributed by atoms with Crippen molar-refractivity contribution in [2.24, 2.45) is 0 Å². The lowest BCUT2D eigenvalue weighted by atomic mass is 10.1. The van der Waals surface area contributed by atoms with Crippen LogP contribution in [-0.2, 0) is 6.54 Å². The van der Waals surface area contributed by atoms with E-state index in [1.54, 1.807) is 31.2 Å². The van der Waals surface area contributed by atoms with E-state index >= 15 is 0 Å². The number of anilines is 1. The summed E-state index contributed by atoms with van der Waals surface area (Å²) in [6.45, 7) is 2.12. The minimum Gasteiger partial charge on any atom is -0.378 e. The molecule has 1 N–H and O–H groups in total. The molecule has 0 saturated carbocycles. The first-order valence-electron chi connectivity index (χ1n) is 5.91. The van der Waals surface area contributed by atoms with Crippen LogP contribution in [0.5, 0.6) is 0 Å². The summed E-state index contributed by atoms with van der Waals surface area (Å²) in [5.74, 6) is -0.336. The van der Waals surface area contributed by atoms with Crippen LogP contribution in [0.25, 0.3) is 0 Å². The molecule has 2 aromatic rings. The van der Waals surface area contributed by atoms with Gasteiger partial charge in [0.25, 0.3) is 5.69 Å². The fraction of sp³-hybridized carbons (Fsp3) is 0.143. The number of rotatable bonds is 4. The molecule has 0 aromatic heterocycles. The average Bonchev–Trinajstić information content (AvgIpc) is 2.39. The summed E-state index contributed by atoms with van der Waals surface area (Å²) in [6, 6.07) is 9.64. The van der Waals surface area contributed by atoms with Crippen LogP contribution in [0.1, 0.15) is 11.1 Å². The van der Waals surface area contributed by atoms with Gasteiger partial charge in [0.05, 0.1) is 15.1 Å². The van der Waals surface area contributed by atoms with Crippen LogP contribution >= 0.6 is 15.9 Å². The second kappa shape index (κ2) is 6.00. The molecule has 0 fully saturated rings. The highest BCUT2D eigenvalue weighted by Gasteiger charge is 2.12. The predicted octanol–water partition coefficient (Wildman–Crippen LogP) is 4.42. The molecule has 0 aliphatic carbocycles. The van der Waals surface area contributed by atoms with Crippen LogP contribution in [0, 0.1) is 22.9 Å². The third-order valence-corrected chi connectivity index (χ3v) is 3.57. The summed E-state index contributed by atoms with van der Waals surface area (Å²) < 4.78 is 14.1. The first kappa shape index (κ1) is 14.5. The number of para-hydroxylation sites is 1. The fourth-order valence-corrected chi connectivity index (χ4v) is 2.25. The minimum atomic E-state index is -0.456. The average molecular weight is 339 g/mol. The van der Waals surface area contributed by atoms with E-state index in [2.05, 4.69) is 21.2 Å². The molecule has 0 radical (unpaired) electrons. The molecule has 2 rings (SSSR count). The Kier molecular flexibility index (Phi) is 4.34. The van der Waals surface area contributed by atoms with Crippen molar-refractivity contribution in [1.82, 2.24) is 0 Å². The molecule has 20 heavy (non-hydrogen) atoms. The maximum atomic E-state index is 13.6. The van der Waals surface area contributed by atoms with Gasteiger partial charge in [0, 0.05) is 12.6 Å². The van der Waals surface area contributed by atoms with E-state index in [1.165, 1.54) is 12.1 Å². The van der Waals surface area contributed by atoms with Crippen LogP contribution in [0.4, 0.5) is 15.8 Å². The zero-order chi connectivity index (χ0) is 14.7. The Balaban J connectivity index is 2.19. The number of aryl methyl sites for hydroxylation is 1. The molecular formula is C14H12BrFN2O2. The Morgan fingerprint density at radius 1 is 1.35 bits per heavy atom. The second-order valence-electron chi connectivity index (χ2n) is 4.33. The first-order chi connectivity index (χ1) is 9.49. The predicted molar refractivity (Wildman–Crippen MR) is 79.3 cm³/mol. The Hall–Kier alpha value is -1.95. The molecule has 0 aliphatic heterocycles. The summed E-state index contributed by atoms with van der Waals surface area (Å²) >= 11 is 3.13. The van der Waals surface area contributed by atoms with Crippen LogP contribution in [0.2, 0.25) is 0 Å². The minimum absolute atomic E-state index is 0.00504. The van der Waals surface area contributed by atoms with Gasteiger partial charge >= 0.3 is 0 Å². The quantitative estimate of drug-likeness (QED) is 0.663. The number of hydrogen-bond acceptors (Lipinski definition) is 3. The fourth-order valence-electron chi connectivity index (χ4n) is 1.85. The lowest BCUT2D eigenvalue weighted by Crippen LogP contribution is -2.04. The van der Waals surface area contributed by atoms with Gasteiger partial charge in [0.2, 0.25) is 0 Å². The van der Waals surface area contributed by atoms with Crippen molar-refractivity contribution in [3.05, 3.63) is 67.9 Å². The highest BCUT2D eigenvalue weighted by molar-refractivity contribution is 9.10. The van der Waals surface area contributed by atoms with E-state index < -0.39 is 4.92 Å². The maximum Gasteiger partial charge on any atom is 0.283 e. The molecule has 0 heterocycles. The van der Waals surface area contributed by atoms with Gasteiger partial charge in [-0.2, -0.15) is 0 Å². The molecular weight excluding hydrogens is 327 g/mol. The van der Waals surface area contributed by atoms with Crippen molar-refractivity contribution in [3.8, 4) is 0 Å². The van der Waals surface area contributed by atoms with E-state index in [0.717, 1.165) is 5.56 Å². The van der Waals surface area contributed by atoms with E-state index in [9.17, 15) is 14.5 Å². The lowest BCUT2D eigenvalue weighted by Gasteiger charge is -2.10. The van der Waals surface area contributed by atoms with Crippen LogP contribution in [0.3, 0.4) is 0 Å². The molecule has 0 spiro atoms. The van der Waals surface area contributed by atoms with Crippen LogP contribution < -0.4 is 5.32 Å². The summed E-state index contributed by atoms with van der Waals surface area (Å²) in [4.78, 5) is 10.4. The summed E-state index contributed by atoms with van der Waals surface area (Å²) in [6.07, 6.45) is 0. The summed E-state index contributed by atoms with van der Waals surface area (Å²) in [5, 5.41) is 13.8. The lowest BCUT2D eigenvalue weighted by molar-refractivity contribution is -0.385. The third-order valence-electron chi connectivity index (χ3n) is 2.90. The number of hydrogen-bond donors (Lipinski definition) is 1. The Morgan fingerprint density at radius 3 is 2.75 bits per heavy atom. The van der Waals surface area contributed by atoms with Gasteiger partial charge in [-0.25, -0.2) is 4.39 Å². The SMILES string of the molecule is Cc1cccc(F)c1NCc1ccc(Br)c([N+](=O)[O-])c1. The van der Waals surface area contributed by atoms with Crippen LogP contribution in [0.15, 0.2) is 40.9 Å². The van der Waals surface area contributed by atoms with Crippen molar-refractivity contribution in [1.29, 1.82) is 0 Å². The first-order valence-corrected chi connectivity index (χ1v) is 6.70. The van der Waals surface area contributed by atoms with Gasteiger partial charge in [-0.05, 0) is 46.1 Å². The van der Waals surface area contributed by atoms with Crippen LogP contribution in [-0.4, -0.2) is 4.92 Å². The Labute approximate surface area is 123 Å². The second-order valence-corrected chi connectivity index (χ2v) is 5.18. The van der Waals surface area contributed by atoms with Gasteiger partial charge in [-0.3, -0.25) is 10.1 Å². The molecule has 4 nitrogen and oxygen atoms in total. The number of nitrogens with zero attached hydrogens (tertiary/aromatic N) is 1. The van der Waals surface area contributed by atoms with Crippen molar-refractivity contribution in [3.63, 3.8) is 0 Å².